The van der Waals surface area contributed by atoms with Gasteiger partial charge in [0, 0.05) is 64.0 Å². The lowest BCUT2D eigenvalue weighted by Crippen LogP contribution is -2.53. The van der Waals surface area contributed by atoms with Crippen LogP contribution in [0.4, 0.5) is 5.69 Å². The van der Waals surface area contributed by atoms with Crippen molar-refractivity contribution in [2.24, 2.45) is 4.99 Å². The summed E-state index contributed by atoms with van der Waals surface area (Å²) in [7, 11) is 3.47. The predicted octanol–water partition coefficient (Wildman–Crippen LogP) is 1.93. The number of anilines is 1. The van der Waals surface area contributed by atoms with E-state index in [4.69, 9.17) is 4.74 Å². The summed E-state index contributed by atoms with van der Waals surface area (Å²) in [6.45, 7) is 8.12. The number of hydrogen-bond acceptors (Lipinski definition) is 4. The fourth-order valence-electron chi connectivity index (χ4n) is 3.00. The molecular weight excluding hydrogens is 457 g/mol. The zero-order valence-electron chi connectivity index (χ0n) is 16.7. The van der Waals surface area contributed by atoms with E-state index in [2.05, 4.69) is 37.6 Å². The van der Waals surface area contributed by atoms with Crippen LogP contribution in [0, 0.1) is 0 Å². The Hall–Kier alpha value is -1.71. The van der Waals surface area contributed by atoms with Gasteiger partial charge in [-0.3, -0.25) is 9.79 Å². The molecule has 1 fully saturated rings. The maximum atomic E-state index is 11.7. The lowest BCUT2D eigenvalue weighted by molar-refractivity contribution is -0.121. The number of rotatable bonds is 6. The quantitative estimate of drug-likeness (QED) is 0.363. The van der Waals surface area contributed by atoms with E-state index >= 15 is 0 Å². The molecule has 7 nitrogen and oxygen atoms in total. The Morgan fingerprint density at radius 2 is 1.96 bits per heavy atom. The van der Waals surface area contributed by atoms with Gasteiger partial charge in [-0.2, -0.15) is 0 Å². The number of guanidine groups is 1. The Bertz CT molecular complexity index is 616. The molecule has 1 heterocycles. The van der Waals surface area contributed by atoms with Crippen LogP contribution in [0.1, 0.15) is 20.3 Å². The highest BCUT2D eigenvalue weighted by Crippen LogP contribution is 2.22. The number of nitrogens with zero attached hydrogens (tertiary/aromatic N) is 3. The van der Waals surface area contributed by atoms with Crippen LogP contribution >= 0.6 is 24.0 Å². The Balaban J connectivity index is 0.00000364. The molecular formula is C19H32IN5O2. The maximum Gasteiger partial charge on any atom is 0.221 e. The molecule has 8 heteroatoms. The molecule has 0 spiro atoms. The molecule has 1 aliphatic rings. The Labute approximate surface area is 179 Å². The van der Waals surface area contributed by atoms with Gasteiger partial charge in [0.15, 0.2) is 5.96 Å². The largest absolute Gasteiger partial charge is 0.497 e. The van der Waals surface area contributed by atoms with Crippen LogP contribution in [-0.4, -0.2) is 69.7 Å². The number of ether oxygens (including phenoxy) is 1. The van der Waals surface area contributed by atoms with Crippen LogP contribution in [0.5, 0.6) is 5.75 Å². The second-order valence-electron chi connectivity index (χ2n) is 6.62. The molecule has 0 aliphatic carbocycles. The SMILES string of the molecule is CN=C(NCCC(=O)NC(C)C)N1CCN(c2cccc(OC)c2)CC1.I. The first-order chi connectivity index (χ1) is 12.5. The number of carbonyl (C=O) groups is 1. The number of benzene rings is 1. The van der Waals surface area contributed by atoms with Crippen molar-refractivity contribution in [1.82, 2.24) is 15.5 Å². The maximum absolute atomic E-state index is 11.7. The van der Waals surface area contributed by atoms with Crippen molar-refractivity contribution >= 4 is 41.5 Å². The van der Waals surface area contributed by atoms with Crippen molar-refractivity contribution in [3.8, 4) is 5.75 Å². The van der Waals surface area contributed by atoms with Crippen molar-refractivity contribution < 1.29 is 9.53 Å². The van der Waals surface area contributed by atoms with E-state index in [1.165, 1.54) is 5.69 Å². The molecule has 0 atom stereocenters. The summed E-state index contributed by atoms with van der Waals surface area (Å²) in [5.74, 6) is 1.79. The Morgan fingerprint density at radius 3 is 2.56 bits per heavy atom. The van der Waals surface area contributed by atoms with E-state index in [9.17, 15) is 4.79 Å². The van der Waals surface area contributed by atoms with Crippen LogP contribution in [0.25, 0.3) is 0 Å². The Morgan fingerprint density at radius 1 is 1.26 bits per heavy atom. The molecule has 0 bridgehead atoms. The van der Waals surface area contributed by atoms with Crippen LogP contribution in [-0.2, 0) is 4.79 Å². The van der Waals surface area contributed by atoms with Crippen molar-refractivity contribution in [3.05, 3.63) is 24.3 Å². The monoisotopic (exact) mass is 489 g/mol. The second-order valence-corrected chi connectivity index (χ2v) is 6.62. The molecule has 2 rings (SSSR count). The molecule has 0 radical (unpaired) electrons. The molecule has 152 valence electrons. The van der Waals surface area contributed by atoms with E-state index < -0.39 is 0 Å². The van der Waals surface area contributed by atoms with Crippen molar-refractivity contribution in [2.75, 3.05) is 51.8 Å². The minimum atomic E-state index is 0. The summed E-state index contributed by atoms with van der Waals surface area (Å²) >= 11 is 0. The first-order valence-corrected chi connectivity index (χ1v) is 9.17. The standard InChI is InChI=1S/C19H31N5O2.HI/c1-15(2)22-18(25)8-9-21-19(20-3)24-12-10-23(11-13-24)16-6-5-7-17(14-16)26-4;/h5-7,14-15H,8-13H2,1-4H3,(H,20,21)(H,22,25);1H. The first kappa shape index (κ1) is 23.3. The molecule has 1 aliphatic heterocycles. The van der Waals surface area contributed by atoms with Crippen molar-refractivity contribution in [3.63, 3.8) is 0 Å². The zero-order chi connectivity index (χ0) is 18.9. The van der Waals surface area contributed by atoms with Crippen LogP contribution in [0.15, 0.2) is 29.3 Å². The molecule has 1 aromatic rings. The van der Waals surface area contributed by atoms with Gasteiger partial charge in [-0.15, -0.1) is 24.0 Å². The summed E-state index contributed by atoms with van der Waals surface area (Å²) in [6.07, 6.45) is 0.445. The average Bonchev–Trinajstić information content (AvgIpc) is 2.65. The predicted molar refractivity (Wildman–Crippen MR) is 121 cm³/mol. The summed E-state index contributed by atoms with van der Waals surface area (Å²) in [4.78, 5) is 20.7. The lowest BCUT2D eigenvalue weighted by Gasteiger charge is -2.37. The van der Waals surface area contributed by atoms with Gasteiger partial charge < -0.3 is 25.2 Å². The number of carbonyl (C=O) groups excluding carboxylic acids is 1. The van der Waals surface area contributed by atoms with Crippen molar-refractivity contribution in [1.29, 1.82) is 0 Å². The van der Waals surface area contributed by atoms with E-state index in [1.54, 1.807) is 14.2 Å². The second kappa shape index (κ2) is 11.9. The van der Waals surface area contributed by atoms with Crippen LogP contribution in [0.2, 0.25) is 0 Å². The lowest BCUT2D eigenvalue weighted by atomic mass is 10.2. The van der Waals surface area contributed by atoms with E-state index in [-0.39, 0.29) is 35.9 Å². The van der Waals surface area contributed by atoms with Gasteiger partial charge in [-0.1, -0.05) is 6.07 Å². The average molecular weight is 489 g/mol. The highest BCUT2D eigenvalue weighted by molar-refractivity contribution is 14.0. The Kier molecular flexibility index (Phi) is 10.3. The molecule has 1 aromatic carbocycles. The van der Waals surface area contributed by atoms with E-state index in [0.717, 1.165) is 37.9 Å². The fourth-order valence-corrected chi connectivity index (χ4v) is 3.00. The fraction of sp³-hybridized carbons (Fsp3) is 0.579. The van der Waals surface area contributed by atoms with Gasteiger partial charge in [0.05, 0.1) is 7.11 Å². The molecule has 1 saturated heterocycles. The van der Waals surface area contributed by atoms with Gasteiger partial charge in [0.1, 0.15) is 5.75 Å². The van der Waals surface area contributed by atoms with Gasteiger partial charge >= 0.3 is 0 Å². The summed E-state index contributed by atoms with van der Waals surface area (Å²) < 4.78 is 5.31. The minimum Gasteiger partial charge on any atom is -0.497 e. The first-order valence-electron chi connectivity index (χ1n) is 9.17. The van der Waals surface area contributed by atoms with Crippen molar-refractivity contribution in [2.45, 2.75) is 26.3 Å². The summed E-state index contributed by atoms with van der Waals surface area (Å²) in [5.41, 5.74) is 1.18. The third kappa shape index (κ3) is 7.43. The van der Waals surface area contributed by atoms with Crippen LogP contribution in [0.3, 0.4) is 0 Å². The van der Waals surface area contributed by atoms with Gasteiger partial charge in [-0.05, 0) is 26.0 Å². The smallest absolute Gasteiger partial charge is 0.221 e. The topological polar surface area (TPSA) is 69.2 Å². The number of halogens is 1. The molecule has 0 saturated carbocycles. The number of methoxy groups -OCH3 is 1. The highest BCUT2D eigenvalue weighted by Gasteiger charge is 2.20. The minimum absolute atomic E-state index is 0. The number of piperazine rings is 1. The molecule has 0 unspecified atom stereocenters. The third-order valence-corrected chi connectivity index (χ3v) is 4.29. The zero-order valence-corrected chi connectivity index (χ0v) is 19.0. The highest BCUT2D eigenvalue weighted by atomic mass is 127. The normalized spacial score (nSPS) is 14.6. The van der Waals surface area contributed by atoms with E-state index in [0.29, 0.717) is 13.0 Å². The molecule has 1 amide bonds. The summed E-state index contributed by atoms with van der Waals surface area (Å²) in [5, 5.41) is 6.19. The van der Waals surface area contributed by atoms with Crippen LogP contribution < -0.4 is 20.3 Å². The number of hydrogen-bond donors (Lipinski definition) is 2. The number of aliphatic imine (C=N–C) groups is 1. The van der Waals surface area contributed by atoms with E-state index in [1.807, 2.05) is 26.0 Å². The number of nitrogens with one attached hydrogen (secondary N) is 2. The summed E-state index contributed by atoms with van der Waals surface area (Å²) in [6, 6.07) is 8.32. The third-order valence-electron chi connectivity index (χ3n) is 4.29. The molecule has 27 heavy (non-hydrogen) atoms. The van der Waals surface area contributed by atoms with Gasteiger partial charge in [0.25, 0.3) is 0 Å². The number of amides is 1. The molecule has 0 aromatic heterocycles. The molecule has 2 N–H and O–H groups in total. The van der Waals surface area contributed by atoms with Gasteiger partial charge in [0.2, 0.25) is 5.91 Å². The van der Waals surface area contributed by atoms with Gasteiger partial charge in [-0.25, -0.2) is 0 Å².